The van der Waals surface area contributed by atoms with E-state index < -0.39 is 18.2 Å². The average molecular weight is 536 g/mol. The number of rotatable bonds is 12. The summed E-state index contributed by atoms with van der Waals surface area (Å²) in [7, 11) is 3.35. The van der Waals surface area contributed by atoms with Crippen molar-refractivity contribution in [3.63, 3.8) is 0 Å². The van der Waals surface area contributed by atoms with E-state index in [9.17, 15) is 18.3 Å². The fourth-order valence-corrected chi connectivity index (χ4v) is 3.48. The Morgan fingerprint density at radius 2 is 1.32 bits per heavy atom. The van der Waals surface area contributed by atoms with Gasteiger partial charge in [-0.25, -0.2) is 4.79 Å². The first-order valence-electron chi connectivity index (χ1n) is 11.8. The van der Waals surface area contributed by atoms with Crippen molar-refractivity contribution in [2.75, 3.05) is 33.9 Å². The second-order valence-electron chi connectivity index (χ2n) is 8.17. The minimum Gasteiger partial charge on any atom is -0.497 e. The van der Waals surface area contributed by atoms with Crippen LogP contribution in [0, 0.1) is 0 Å². The zero-order valence-corrected chi connectivity index (χ0v) is 21.1. The van der Waals surface area contributed by atoms with Crippen LogP contribution >= 0.6 is 0 Å². The number of carbonyl (C=O) groups is 1. The number of aliphatic hydroxyl groups is 1. The third kappa shape index (κ3) is 10.7. The number of halogens is 3. The Morgan fingerprint density at radius 3 is 1.74 bits per heavy atom. The number of carboxylic acid groups (broad SMARTS) is 1. The zero-order chi connectivity index (χ0) is 28.0. The maximum atomic E-state index is 10.6. The van der Waals surface area contributed by atoms with Gasteiger partial charge in [0.15, 0.2) is 0 Å². The highest BCUT2D eigenvalue weighted by atomic mass is 19.4. The van der Waals surface area contributed by atoms with Gasteiger partial charge in [0.2, 0.25) is 0 Å². The number of para-hydroxylation sites is 1. The van der Waals surface area contributed by atoms with Gasteiger partial charge in [-0.05, 0) is 60.5 Å². The van der Waals surface area contributed by atoms with Crippen LogP contribution in [-0.4, -0.2) is 62.4 Å². The van der Waals surface area contributed by atoms with E-state index in [-0.39, 0.29) is 12.5 Å². The fraction of sp³-hybridized carbons (Fsp3) is 0.321. The third-order valence-corrected chi connectivity index (χ3v) is 5.45. The zero-order valence-electron chi connectivity index (χ0n) is 21.1. The summed E-state index contributed by atoms with van der Waals surface area (Å²) in [5.74, 6) is -0.0797. The van der Waals surface area contributed by atoms with Gasteiger partial charge in [-0.1, -0.05) is 42.5 Å². The van der Waals surface area contributed by atoms with Crippen molar-refractivity contribution in [2.24, 2.45) is 0 Å². The number of alkyl halides is 3. The van der Waals surface area contributed by atoms with Crippen LogP contribution in [0.4, 0.5) is 13.2 Å². The second-order valence-corrected chi connectivity index (χ2v) is 8.17. The molecule has 3 aromatic rings. The lowest BCUT2D eigenvalue weighted by atomic mass is 9.88. The molecular weight excluding hydrogens is 503 g/mol. The predicted molar refractivity (Wildman–Crippen MR) is 137 cm³/mol. The molecule has 0 unspecified atom stereocenters. The monoisotopic (exact) mass is 535 g/mol. The Hall–Kier alpha value is -3.76. The van der Waals surface area contributed by atoms with Crippen molar-refractivity contribution in [3.05, 3.63) is 90.0 Å². The summed E-state index contributed by atoms with van der Waals surface area (Å²) in [5.41, 5.74) is 2.45. The molecule has 0 amide bonds. The van der Waals surface area contributed by atoms with E-state index in [4.69, 9.17) is 24.1 Å². The number of aliphatic hydroxyl groups excluding tert-OH is 1. The van der Waals surface area contributed by atoms with Gasteiger partial charge in [-0.15, -0.1) is 0 Å². The van der Waals surface area contributed by atoms with Gasteiger partial charge in [0.25, 0.3) is 0 Å². The predicted octanol–water partition coefficient (Wildman–Crippen LogP) is 4.89. The Labute approximate surface area is 219 Å². The molecule has 0 saturated heterocycles. The first kappa shape index (κ1) is 30.5. The van der Waals surface area contributed by atoms with Crippen LogP contribution in [0.25, 0.3) is 0 Å². The van der Waals surface area contributed by atoms with Gasteiger partial charge < -0.3 is 29.7 Å². The highest BCUT2D eigenvalue weighted by Gasteiger charge is 2.38. The molecule has 3 rings (SSSR count). The number of hydrogen-bond acceptors (Lipinski definition) is 6. The summed E-state index contributed by atoms with van der Waals surface area (Å²) < 4.78 is 47.9. The number of hydrogen-bond donors (Lipinski definition) is 3. The lowest BCUT2D eigenvalue weighted by Gasteiger charge is -2.20. The molecule has 0 bridgehead atoms. The Balaban J connectivity index is 0.000000638. The molecule has 1 atom stereocenters. The molecule has 0 saturated carbocycles. The molecule has 7 nitrogen and oxygen atoms in total. The standard InChI is InChI=1S/C26H31NO4.C2HF3O2/c1-29-23-12-8-20(9-13-23)26(21-10-14-24(30-2)15-11-21)16-17-27-18-22(28)19-31-25-6-4-3-5-7-25;3-2(4,5)1(6)7/h3-15,22,26-28H,16-19H2,1-2H3;(H,6,7)/t22-;/m0./s1. The minimum absolute atomic E-state index is 0.224. The van der Waals surface area contributed by atoms with Crippen LogP contribution in [0.1, 0.15) is 23.5 Å². The van der Waals surface area contributed by atoms with Crippen molar-refractivity contribution < 1.29 is 42.4 Å². The number of ether oxygens (including phenoxy) is 3. The molecule has 0 spiro atoms. The summed E-state index contributed by atoms with van der Waals surface area (Å²) >= 11 is 0. The maximum Gasteiger partial charge on any atom is 0.490 e. The van der Waals surface area contributed by atoms with Crippen molar-refractivity contribution in [2.45, 2.75) is 24.6 Å². The van der Waals surface area contributed by atoms with Crippen LogP contribution in [0.3, 0.4) is 0 Å². The summed E-state index contributed by atoms with van der Waals surface area (Å²) in [6, 6.07) is 25.9. The van der Waals surface area contributed by atoms with Crippen LogP contribution in [0.2, 0.25) is 0 Å². The molecule has 3 aromatic carbocycles. The molecular formula is C28H32F3NO6. The summed E-state index contributed by atoms with van der Waals surface area (Å²) in [6.45, 7) is 1.51. The van der Waals surface area contributed by atoms with Gasteiger partial charge >= 0.3 is 12.1 Å². The van der Waals surface area contributed by atoms with Gasteiger partial charge in [-0.2, -0.15) is 13.2 Å². The highest BCUT2D eigenvalue weighted by Crippen LogP contribution is 2.30. The molecule has 10 heteroatoms. The van der Waals surface area contributed by atoms with E-state index in [0.717, 1.165) is 30.2 Å². The number of methoxy groups -OCH3 is 2. The molecule has 0 aliphatic rings. The van der Waals surface area contributed by atoms with Crippen LogP contribution in [0.5, 0.6) is 17.2 Å². The summed E-state index contributed by atoms with van der Waals surface area (Å²) in [4.78, 5) is 8.90. The van der Waals surface area contributed by atoms with E-state index in [1.807, 2.05) is 54.6 Å². The molecule has 0 fully saturated rings. The van der Waals surface area contributed by atoms with Crippen LogP contribution < -0.4 is 19.5 Å². The molecule has 0 aliphatic carbocycles. The molecule has 0 heterocycles. The quantitative estimate of drug-likeness (QED) is 0.284. The molecule has 3 N–H and O–H groups in total. The molecule has 206 valence electrons. The first-order chi connectivity index (χ1) is 18.1. The van der Waals surface area contributed by atoms with E-state index in [1.54, 1.807) is 14.2 Å². The lowest BCUT2D eigenvalue weighted by Crippen LogP contribution is -2.32. The highest BCUT2D eigenvalue weighted by molar-refractivity contribution is 5.73. The van der Waals surface area contributed by atoms with Crippen molar-refractivity contribution >= 4 is 5.97 Å². The SMILES string of the molecule is COc1ccc(C(CCNC[C@H](O)COc2ccccc2)c2ccc(OC)cc2)cc1.O=C(O)C(F)(F)F. The smallest absolute Gasteiger partial charge is 0.490 e. The Bertz CT molecular complexity index is 1030. The van der Waals surface area contributed by atoms with E-state index in [1.165, 1.54) is 11.1 Å². The topological polar surface area (TPSA) is 97.3 Å². The molecule has 0 radical (unpaired) electrons. The summed E-state index contributed by atoms with van der Waals surface area (Å²) in [6.07, 6.45) is -4.76. The maximum absolute atomic E-state index is 10.6. The van der Waals surface area contributed by atoms with Crippen molar-refractivity contribution in [3.8, 4) is 17.2 Å². The second kappa shape index (κ2) is 15.5. The summed E-state index contributed by atoms with van der Waals surface area (Å²) in [5, 5.41) is 20.7. The van der Waals surface area contributed by atoms with Crippen molar-refractivity contribution in [1.82, 2.24) is 5.32 Å². The number of benzene rings is 3. The fourth-order valence-electron chi connectivity index (χ4n) is 3.48. The molecule has 0 aromatic heterocycles. The van der Waals surface area contributed by atoms with Gasteiger partial charge in [-0.3, -0.25) is 0 Å². The van der Waals surface area contributed by atoms with Gasteiger partial charge in [0, 0.05) is 12.5 Å². The largest absolute Gasteiger partial charge is 0.497 e. The minimum atomic E-state index is -5.08. The van der Waals surface area contributed by atoms with E-state index >= 15 is 0 Å². The van der Waals surface area contributed by atoms with Gasteiger partial charge in [0.1, 0.15) is 30.0 Å². The Morgan fingerprint density at radius 1 is 0.842 bits per heavy atom. The molecule has 0 aliphatic heterocycles. The Kier molecular flexibility index (Phi) is 12.4. The first-order valence-corrected chi connectivity index (χ1v) is 11.8. The number of nitrogens with one attached hydrogen (secondary N) is 1. The average Bonchev–Trinajstić information content (AvgIpc) is 2.92. The van der Waals surface area contributed by atoms with E-state index in [0.29, 0.717) is 6.54 Å². The van der Waals surface area contributed by atoms with Crippen LogP contribution in [0.15, 0.2) is 78.9 Å². The lowest BCUT2D eigenvalue weighted by molar-refractivity contribution is -0.192. The van der Waals surface area contributed by atoms with E-state index in [2.05, 4.69) is 29.6 Å². The molecule has 38 heavy (non-hydrogen) atoms. The normalized spacial score (nSPS) is 11.8. The number of aliphatic carboxylic acids is 1. The van der Waals surface area contributed by atoms with Crippen molar-refractivity contribution in [1.29, 1.82) is 0 Å². The van der Waals surface area contributed by atoms with Crippen LogP contribution in [-0.2, 0) is 4.79 Å². The third-order valence-electron chi connectivity index (χ3n) is 5.45. The van der Waals surface area contributed by atoms with Gasteiger partial charge in [0.05, 0.1) is 14.2 Å². The number of carboxylic acids is 1.